The van der Waals surface area contributed by atoms with Gasteiger partial charge in [0.15, 0.2) is 0 Å². The summed E-state index contributed by atoms with van der Waals surface area (Å²) >= 11 is 0. The summed E-state index contributed by atoms with van der Waals surface area (Å²) < 4.78 is 16.7. The largest absolute Gasteiger partial charge is 0.493 e. The first kappa shape index (κ1) is 22.8. The minimum absolute atomic E-state index is 0.222. The normalized spacial score (nSPS) is 12.3. The summed E-state index contributed by atoms with van der Waals surface area (Å²) in [6.07, 6.45) is 1.46. The third-order valence-electron chi connectivity index (χ3n) is 4.16. The molecule has 0 bridgehead atoms. The number of rotatable bonds is 9. The lowest BCUT2D eigenvalue weighted by Gasteiger charge is -2.19. The van der Waals surface area contributed by atoms with Gasteiger partial charge in [0.1, 0.15) is 11.4 Å². The van der Waals surface area contributed by atoms with Gasteiger partial charge in [-0.1, -0.05) is 24.3 Å². The Bertz CT molecular complexity index is 748. The van der Waals surface area contributed by atoms with E-state index in [1.165, 1.54) is 5.56 Å². The quantitative estimate of drug-likeness (QED) is 0.594. The second-order valence-electron chi connectivity index (χ2n) is 8.04. The first-order valence-electron chi connectivity index (χ1n) is 10.2. The van der Waals surface area contributed by atoms with E-state index in [1.54, 1.807) is 0 Å². The minimum Gasteiger partial charge on any atom is -0.493 e. The van der Waals surface area contributed by atoms with Crippen molar-refractivity contribution in [1.82, 2.24) is 0 Å². The maximum atomic E-state index is 11.8. The van der Waals surface area contributed by atoms with Crippen LogP contribution in [-0.4, -0.2) is 31.0 Å². The van der Waals surface area contributed by atoms with Crippen molar-refractivity contribution in [1.29, 1.82) is 0 Å². The molecule has 0 aliphatic carbocycles. The van der Waals surface area contributed by atoms with Gasteiger partial charge in [0, 0.05) is 18.7 Å². The van der Waals surface area contributed by atoms with Crippen LogP contribution < -0.4 is 10.1 Å². The van der Waals surface area contributed by atoms with Gasteiger partial charge in [0.05, 0.1) is 12.7 Å². The molecule has 0 fully saturated rings. The van der Waals surface area contributed by atoms with Crippen molar-refractivity contribution in [3.8, 4) is 5.75 Å². The average molecular weight is 400 g/mol. The lowest BCUT2D eigenvalue weighted by Crippen LogP contribution is -2.27. The number of carbonyl (C=O) groups is 1. The van der Waals surface area contributed by atoms with Crippen LogP contribution in [0.25, 0.3) is 0 Å². The molecule has 0 saturated carbocycles. The minimum atomic E-state index is -0.513. The molecule has 0 heterocycles. The molecule has 2 aromatic rings. The molecule has 0 aromatic heterocycles. The molecular weight excluding hydrogens is 366 g/mol. The second kappa shape index (κ2) is 10.9. The Morgan fingerprint density at radius 2 is 1.62 bits per heavy atom. The third kappa shape index (κ3) is 9.01. The number of ether oxygens (including phenoxy) is 3. The molecule has 1 N–H and O–H groups in total. The highest BCUT2D eigenvalue weighted by molar-refractivity contribution is 5.84. The van der Waals surface area contributed by atoms with Crippen LogP contribution in [0.15, 0.2) is 48.5 Å². The van der Waals surface area contributed by atoms with Gasteiger partial charge in [-0.2, -0.15) is 0 Å². The van der Waals surface area contributed by atoms with Gasteiger partial charge in [0.25, 0.3) is 0 Å². The monoisotopic (exact) mass is 399 g/mol. The zero-order chi connectivity index (χ0) is 21.3. The fourth-order valence-corrected chi connectivity index (χ4v) is 2.86. The van der Waals surface area contributed by atoms with E-state index >= 15 is 0 Å². The molecule has 0 saturated heterocycles. The first-order chi connectivity index (χ1) is 13.7. The van der Waals surface area contributed by atoms with Crippen LogP contribution in [0.2, 0.25) is 0 Å². The van der Waals surface area contributed by atoms with Crippen molar-refractivity contribution >= 4 is 11.8 Å². The highest BCUT2D eigenvalue weighted by atomic mass is 16.6. The molecule has 158 valence electrons. The highest BCUT2D eigenvalue weighted by Gasteiger charge is 2.16. The molecule has 1 atom stereocenters. The summed E-state index contributed by atoms with van der Waals surface area (Å²) in [6.45, 7) is 10.9. The Morgan fingerprint density at radius 3 is 2.21 bits per heavy atom. The number of hydrogen-bond acceptors (Lipinski definition) is 4. The molecule has 29 heavy (non-hydrogen) atoms. The number of carbonyl (C=O) groups excluding carboxylic acids is 1. The van der Waals surface area contributed by atoms with Crippen LogP contribution >= 0.6 is 0 Å². The Labute approximate surface area is 174 Å². The van der Waals surface area contributed by atoms with Gasteiger partial charge in [-0.25, -0.2) is 4.79 Å². The molecule has 2 aromatic carbocycles. The van der Waals surface area contributed by atoms with E-state index < -0.39 is 11.7 Å². The van der Waals surface area contributed by atoms with E-state index in [9.17, 15) is 4.79 Å². The molecule has 0 aliphatic heterocycles. The second-order valence-corrected chi connectivity index (χ2v) is 8.04. The van der Waals surface area contributed by atoms with Crippen molar-refractivity contribution in [2.45, 2.75) is 59.2 Å². The van der Waals surface area contributed by atoms with Crippen molar-refractivity contribution in [2.24, 2.45) is 0 Å². The Hall–Kier alpha value is -2.53. The number of hydrogen-bond donors (Lipinski definition) is 1. The van der Waals surface area contributed by atoms with Crippen molar-refractivity contribution < 1.29 is 19.0 Å². The molecule has 0 unspecified atom stereocenters. The smallest absolute Gasteiger partial charge is 0.412 e. The highest BCUT2D eigenvalue weighted by Crippen LogP contribution is 2.16. The van der Waals surface area contributed by atoms with Crippen molar-refractivity contribution in [3.05, 3.63) is 59.7 Å². The van der Waals surface area contributed by atoms with Crippen LogP contribution in [0, 0.1) is 0 Å². The first-order valence-corrected chi connectivity index (χ1v) is 10.2. The molecule has 0 aliphatic rings. The SMILES string of the molecule is CCO[C@@H](C)Cc1ccc(OCCc2ccc(NC(=O)OC(C)(C)C)cc2)cc1. The maximum absolute atomic E-state index is 11.8. The number of amides is 1. The number of nitrogens with one attached hydrogen (secondary N) is 1. The van der Waals surface area contributed by atoms with E-state index in [4.69, 9.17) is 14.2 Å². The molecule has 5 nitrogen and oxygen atoms in total. The standard InChI is InChI=1S/C24H33NO4/c1-6-27-18(2)17-20-9-13-22(14-10-20)28-16-15-19-7-11-21(12-8-19)25-23(26)29-24(3,4)5/h7-14,18H,6,15-17H2,1-5H3,(H,25,26)/t18-/m0/s1. The van der Waals surface area contributed by atoms with Gasteiger partial charge in [-0.15, -0.1) is 0 Å². The molecular formula is C24H33NO4. The van der Waals surface area contributed by atoms with E-state index in [-0.39, 0.29) is 6.10 Å². The lowest BCUT2D eigenvalue weighted by atomic mass is 10.1. The molecule has 0 radical (unpaired) electrons. The van der Waals surface area contributed by atoms with Crippen LogP contribution in [0.3, 0.4) is 0 Å². The maximum Gasteiger partial charge on any atom is 0.412 e. The van der Waals surface area contributed by atoms with Crippen LogP contribution in [0.5, 0.6) is 5.75 Å². The Balaban J connectivity index is 1.75. The van der Waals surface area contributed by atoms with Gasteiger partial charge in [0.2, 0.25) is 0 Å². The fourth-order valence-electron chi connectivity index (χ4n) is 2.86. The van der Waals surface area contributed by atoms with Gasteiger partial charge >= 0.3 is 6.09 Å². The van der Waals surface area contributed by atoms with E-state index in [2.05, 4.69) is 24.4 Å². The summed E-state index contributed by atoms with van der Waals surface area (Å²) in [6, 6.07) is 15.9. The zero-order valence-corrected chi connectivity index (χ0v) is 18.2. The Kier molecular flexibility index (Phi) is 8.52. The summed E-state index contributed by atoms with van der Waals surface area (Å²) in [5.41, 5.74) is 2.58. The summed E-state index contributed by atoms with van der Waals surface area (Å²) in [4.78, 5) is 11.8. The summed E-state index contributed by atoms with van der Waals surface area (Å²) in [7, 11) is 0. The molecule has 1 amide bonds. The number of anilines is 1. The average Bonchev–Trinajstić information content (AvgIpc) is 2.63. The predicted octanol–water partition coefficient (Wildman–Crippen LogP) is 5.62. The van der Waals surface area contributed by atoms with E-state index in [0.717, 1.165) is 30.8 Å². The molecule has 5 heteroatoms. The van der Waals surface area contributed by atoms with Gasteiger partial charge in [-0.3, -0.25) is 5.32 Å². The number of benzene rings is 2. The van der Waals surface area contributed by atoms with Gasteiger partial charge < -0.3 is 14.2 Å². The van der Waals surface area contributed by atoms with Crippen LogP contribution in [0.1, 0.15) is 45.7 Å². The van der Waals surface area contributed by atoms with Gasteiger partial charge in [-0.05, 0) is 76.4 Å². The van der Waals surface area contributed by atoms with Crippen molar-refractivity contribution in [3.63, 3.8) is 0 Å². The fraction of sp³-hybridized carbons (Fsp3) is 0.458. The molecule has 2 rings (SSSR count). The van der Waals surface area contributed by atoms with E-state index in [1.807, 2.05) is 64.1 Å². The van der Waals surface area contributed by atoms with Crippen LogP contribution in [-0.2, 0) is 22.3 Å². The van der Waals surface area contributed by atoms with E-state index in [0.29, 0.717) is 12.3 Å². The predicted molar refractivity (Wildman–Crippen MR) is 117 cm³/mol. The third-order valence-corrected chi connectivity index (χ3v) is 4.16. The zero-order valence-electron chi connectivity index (χ0n) is 18.2. The summed E-state index contributed by atoms with van der Waals surface area (Å²) in [5.74, 6) is 0.862. The lowest BCUT2D eigenvalue weighted by molar-refractivity contribution is 0.0635. The topological polar surface area (TPSA) is 56.8 Å². The van der Waals surface area contributed by atoms with Crippen LogP contribution in [0.4, 0.5) is 10.5 Å². The Morgan fingerprint density at radius 1 is 1.00 bits per heavy atom. The van der Waals surface area contributed by atoms with Crippen molar-refractivity contribution in [2.75, 3.05) is 18.5 Å². The summed E-state index contributed by atoms with van der Waals surface area (Å²) in [5, 5.41) is 2.73. The molecule has 0 spiro atoms.